The van der Waals surface area contributed by atoms with Gasteiger partial charge in [-0.25, -0.2) is 0 Å². The average Bonchev–Trinajstić information content (AvgIpc) is 3.72. The largest absolute Gasteiger partial charge is 0.407 e. The van der Waals surface area contributed by atoms with Crippen LogP contribution in [0.2, 0.25) is 10.1 Å². The van der Waals surface area contributed by atoms with Crippen LogP contribution in [0.15, 0.2) is 133 Å². The lowest BCUT2D eigenvalue weighted by Gasteiger charge is -2.48. The van der Waals surface area contributed by atoms with Gasteiger partial charge in [-0.3, -0.25) is 0 Å². The fraction of sp³-hybridized carbons (Fsp3) is 0.606. The fourth-order valence-electron chi connectivity index (χ4n) is 13.3. The zero-order valence-electron chi connectivity index (χ0n) is 48.7. The third-order valence-corrected chi connectivity index (χ3v) is 29.9. The molecule has 4 aromatic rings. The van der Waals surface area contributed by atoms with Gasteiger partial charge in [0.25, 0.3) is 16.6 Å². The molecule has 4 aromatic carbocycles. The normalized spacial score (nSPS) is 24.2. The van der Waals surface area contributed by atoms with E-state index in [2.05, 4.69) is 252 Å². The van der Waals surface area contributed by atoms with Gasteiger partial charge in [0.15, 0.2) is 0 Å². The van der Waals surface area contributed by atoms with Gasteiger partial charge >= 0.3 is 0 Å². The second kappa shape index (κ2) is 23.8. The molecule has 2 aliphatic carbocycles. The summed E-state index contributed by atoms with van der Waals surface area (Å²) in [5, 5.41) is 26.2. The predicted molar refractivity (Wildman–Crippen MR) is 315 cm³/mol. The number of rotatable bonds is 19. The molecule has 2 saturated carbocycles. The number of benzene rings is 4. The molecule has 0 saturated heterocycles. The lowest BCUT2D eigenvalue weighted by atomic mass is 9.59. The van der Waals surface area contributed by atoms with Crippen molar-refractivity contribution in [3.8, 4) is 0 Å². The predicted octanol–water partition coefficient (Wildman–Crippen LogP) is 14.7. The molecule has 2 fully saturated rings. The molecule has 0 aromatic heterocycles. The van der Waals surface area contributed by atoms with E-state index >= 15 is 0 Å². The summed E-state index contributed by atoms with van der Waals surface area (Å²) >= 11 is 0. The van der Waals surface area contributed by atoms with Crippen molar-refractivity contribution in [2.24, 2.45) is 57.2 Å². The Morgan fingerprint density at radius 2 is 0.833 bits per heavy atom. The van der Waals surface area contributed by atoms with Crippen molar-refractivity contribution in [3.05, 3.63) is 133 Å². The topological polar surface area (TPSA) is 58.9 Å². The molecular weight excluding hydrogens is 913 g/mol. The highest BCUT2D eigenvalue weighted by atomic mass is 28.4. The van der Waals surface area contributed by atoms with Crippen LogP contribution in [-0.4, -0.2) is 52.3 Å². The zero-order valence-corrected chi connectivity index (χ0v) is 50.7. The van der Waals surface area contributed by atoms with Gasteiger partial charge in [-0.05, 0) is 127 Å². The van der Waals surface area contributed by atoms with Crippen molar-refractivity contribution in [1.29, 1.82) is 0 Å². The minimum Gasteiger partial charge on any atom is -0.407 e. The molecule has 0 heterocycles. The molecule has 6 heteroatoms. The third kappa shape index (κ3) is 12.1. The first kappa shape index (κ1) is 59.8. The van der Waals surface area contributed by atoms with Crippen LogP contribution in [0.3, 0.4) is 0 Å². The number of aliphatic hydroxyl groups excluding tert-OH is 2. The van der Waals surface area contributed by atoms with Crippen LogP contribution in [0.1, 0.15) is 163 Å². The monoisotopic (exact) mass is 1010 g/mol. The SMILES string of the molecule is CC(C)[C@@H](O)/C=C/[C@H](C)[C@@]1(C)CC[C@@H](CO[Si](c2ccccc2)(c2ccccc2)C(C)(C)C)C1(C)C.CC(C)[C@@H](O)CC[C@H](C)[C@@]1(C)CC[C@@H](CO[Si](c2ccccc2)(c2ccccc2)C(C)(C)C)C1(C)C. The number of aliphatic hydroxyl groups is 2. The molecule has 2 aliphatic rings. The van der Waals surface area contributed by atoms with Crippen molar-refractivity contribution >= 4 is 37.4 Å². The van der Waals surface area contributed by atoms with E-state index in [0.717, 1.165) is 26.1 Å². The van der Waals surface area contributed by atoms with Crippen molar-refractivity contribution in [2.75, 3.05) is 13.2 Å². The summed E-state index contributed by atoms with van der Waals surface area (Å²) in [5.74, 6) is 2.52. The Morgan fingerprint density at radius 1 is 0.500 bits per heavy atom. The molecule has 6 rings (SSSR count). The molecule has 0 bridgehead atoms. The smallest absolute Gasteiger partial charge is 0.261 e. The summed E-state index contributed by atoms with van der Waals surface area (Å²) < 4.78 is 14.8. The van der Waals surface area contributed by atoms with E-state index in [1.807, 2.05) is 6.08 Å². The van der Waals surface area contributed by atoms with Crippen LogP contribution in [0.4, 0.5) is 0 Å². The van der Waals surface area contributed by atoms with E-state index in [4.69, 9.17) is 8.85 Å². The van der Waals surface area contributed by atoms with E-state index < -0.39 is 16.6 Å². The van der Waals surface area contributed by atoms with E-state index in [9.17, 15) is 10.2 Å². The van der Waals surface area contributed by atoms with Crippen molar-refractivity contribution in [1.82, 2.24) is 0 Å². The Hall–Kier alpha value is -3.11. The van der Waals surface area contributed by atoms with E-state index in [-0.39, 0.29) is 49.9 Å². The molecule has 0 unspecified atom stereocenters. The highest BCUT2D eigenvalue weighted by molar-refractivity contribution is 7.00. The Bertz CT molecular complexity index is 2180. The lowest BCUT2D eigenvalue weighted by Crippen LogP contribution is -2.67. The average molecular weight is 1020 g/mol. The van der Waals surface area contributed by atoms with Gasteiger partial charge in [0.1, 0.15) is 0 Å². The second-order valence-corrected chi connectivity index (χ2v) is 35.5. The molecule has 72 heavy (non-hydrogen) atoms. The summed E-state index contributed by atoms with van der Waals surface area (Å²) in [6.07, 6.45) is 10.5. The summed E-state index contributed by atoms with van der Waals surface area (Å²) in [6, 6.07) is 44.0. The van der Waals surface area contributed by atoms with E-state index in [1.54, 1.807) is 0 Å². The Labute approximate surface area is 443 Å². The highest BCUT2D eigenvalue weighted by Gasteiger charge is 2.58. The number of hydrogen-bond donors (Lipinski definition) is 2. The van der Waals surface area contributed by atoms with Crippen LogP contribution >= 0.6 is 0 Å². The quantitative estimate of drug-likeness (QED) is 0.0726. The third-order valence-electron chi connectivity index (χ3n) is 19.9. The number of allylic oxidation sites excluding steroid dienone is 1. The van der Waals surface area contributed by atoms with E-state index in [1.165, 1.54) is 46.4 Å². The highest BCUT2D eigenvalue weighted by Crippen LogP contribution is 2.62. The molecular formula is C66H102O4Si2. The van der Waals surface area contributed by atoms with Crippen LogP contribution < -0.4 is 20.7 Å². The van der Waals surface area contributed by atoms with Crippen LogP contribution in [0.5, 0.6) is 0 Å². The van der Waals surface area contributed by atoms with Crippen LogP contribution in [0, 0.1) is 57.2 Å². The summed E-state index contributed by atoms with van der Waals surface area (Å²) in [6.45, 7) is 43.7. The van der Waals surface area contributed by atoms with Gasteiger partial charge in [-0.2, -0.15) is 0 Å². The molecule has 0 spiro atoms. The molecule has 0 aliphatic heterocycles. The first-order chi connectivity index (χ1) is 33.5. The van der Waals surface area contributed by atoms with E-state index in [0.29, 0.717) is 29.6 Å². The molecule has 398 valence electrons. The first-order valence-electron chi connectivity index (χ1n) is 28.1. The first-order valence-corrected chi connectivity index (χ1v) is 31.9. The summed E-state index contributed by atoms with van der Waals surface area (Å²) in [4.78, 5) is 0. The van der Waals surface area contributed by atoms with Crippen LogP contribution in [0.25, 0.3) is 0 Å². The van der Waals surface area contributed by atoms with Gasteiger partial charge in [-0.1, -0.05) is 258 Å². The second-order valence-electron chi connectivity index (χ2n) is 26.9. The van der Waals surface area contributed by atoms with Gasteiger partial charge in [0.2, 0.25) is 0 Å². The summed E-state index contributed by atoms with van der Waals surface area (Å²) in [5.41, 5.74) is 0.675. The fourth-order valence-corrected chi connectivity index (χ4v) is 22.5. The van der Waals surface area contributed by atoms with Gasteiger partial charge < -0.3 is 19.1 Å². The molecule has 2 N–H and O–H groups in total. The lowest BCUT2D eigenvalue weighted by molar-refractivity contribution is 0.00600. The Kier molecular flexibility index (Phi) is 19.8. The maximum absolute atomic E-state index is 10.4. The van der Waals surface area contributed by atoms with Crippen molar-refractivity contribution in [2.45, 2.75) is 185 Å². The number of hydrogen-bond acceptors (Lipinski definition) is 4. The van der Waals surface area contributed by atoms with Crippen molar-refractivity contribution in [3.63, 3.8) is 0 Å². The maximum atomic E-state index is 10.4. The summed E-state index contributed by atoms with van der Waals surface area (Å²) in [7, 11) is -5.07. The standard InChI is InChI=1S/C33H52O2Si.C33H50O2Si/c2*1-25(2)30(34)21-20-26(3)33(9)23-22-27(32(33,7)8)24-35-36(31(4,5)6,28-16-12-10-13-17-28)29-18-14-11-15-19-29/h10-19,25-27,30,34H,20-24H2,1-9H3;10-21,25-27,30,34H,22-24H2,1-9H3/b;21-20+/t2*26-,27-,30-,33+/m00/s1. The van der Waals surface area contributed by atoms with Crippen LogP contribution in [-0.2, 0) is 8.85 Å². The van der Waals surface area contributed by atoms with Gasteiger partial charge in [0, 0.05) is 13.2 Å². The molecule has 0 radical (unpaired) electrons. The van der Waals surface area contributed by atoms with Gasteiger partial charge in [0.05, 0.1) is 12.2 Å². The van der Waals surface area contributed by atoms with Crippen molar-refractivity contribution < 1.29 is 19.1 Å². The Balaban J connectivity index is 0.000000267. The molecule has 0 amide bonds. The maximum Gasteiger partial charge on any atom is 0.261 e. The minimum atomic E-state index is -2.54. The van der Waals surface area contributed by atoms with Gasteiger partial charge in [-0.15, -0.1) is 0 Å². The minimum absolute atomic E-state index is 0.00202. The molecule has 4 nitrogen and oxygen atoms in total. The molecule has 8 atom stereocenters. The zero-order chi connectivity index (χ0) is 53.6. The Morgan fingerprint density at radius 3 is 1.15 bits per heavy atom.